The molecule has 0 aliphatic carbocycles. The summed E-state index contributed by atoms with van der Waals surface area (Å²) in [5.74, 6) is 0.772. The van der Waals surface area contributed by atoms with Crippen molar-refractivity contribution in [2.24, 2.45) is 0 Å². The van der Waals surface area contributed by atoms with E-state index in [-0.39, 0.29) is 0 Å². The van der Waals surface area contributed by atoms with E-state index in [2.05, 4.69) is 41.9 Å². The number of aromatic nitrogens is 1. The topological polar surface area (TPSA) is 12.9 Å². The van der Waals surface area contributed by atoms with E-state index in [0.29, 0.717) is 0 Å². The number of fused-ring (bicyclic) bond motifs is 1. The van der Waals surface area contributed by atoms with E-state index in [9.17, 15) is 0 Å². The Morgan fingerprint density at radius 3 is 3.00 bits per heavy atom. The third-order valence-corrected chi connectivity index (χ3v) is 2.29. The van der Waals surface area contributed by atoms with Gasteiger partial charge in [-0.05, 0) is 23.1 Å². The van der Waals surface area contributed by atoms with Crippen LogP contribution in [0.3, 0.4) is 0 Å². The Morgan fingerprint density at radius 2 is 2.14 bits per heavy atom. The molecule has 0 spiro atoms. The summed E-state index contributed by atoms with van der Waals surface area (Å²) in [4.78, 5) is 4.07. The van der Waals surface area contributed by atoms with Crippen LogP contribution in [0.5, 0.6) is 0 Å². The molecule has 0 atom stereocenters. The molecule has 2 heteroatoms. The van der Waals surface area contributed by atoms with Crippen molar-refractivity contribution in [3.8, 4) is 0 Å². The molecule has 0 saturated carbocycles. The van der Waals surface area contributed by atoms with Crippen LogP contribution in [0.4, 0.5) is 0 Å². The van der Waals surface area contributed by atoms with Gasteiger partial charge in [-0.15, -0.1) is 0 Å². The third kappa shape index (κ3) is 1.96. The monoisotopic (exact) mass is 201 g/mol. The summed E-state index contributed by atoms with van der Waals surface area (Å²) in [5, 5.41) is 2.40. The maximum atomic E-state index is 4.13. The minimum absolute atomic E-state index is 0.772. The summed E-state index contributed by atoms with van der Waals surface area (Å²) in [7, 11) is 0. The van der Waals surface area contributed by atoms with Crippen LogP contribution in [0.2, 0.25) is 0 Å². The molecule has 2 aromatic rings. The summed E-state index contributed by atoms with van der Waals surface area (Å²) < 4.78 is 0. The second kappa shape index (κ2) is 4.29. The van der Waals surface area contributed by atoms with Crippen LogP contribution in [0, 0.1) is 0 Å². The fourth-order valence-electron chi connectivity index (χ4n) is 1.39. The molecule has 14 heavy (non-hydrogen) atoms. The van der Waals surface area contributed by atoms with Crippen LogP contribution in [-0.4, -0.2) is 10.7 Å². The molecule has 1 aromatic carbocycles. The van der Waals surface area contributed by atoms with E-state index < -0.39 is 0 Å². The van der Waals surface area contributed by atoms with Gasteiger partial charge in [0.05, 0.1) is 0 Å². The van der Waals surface area contributed by atoms with Gasteiger partial charge in [0.1, 0.15) is 0 Å². The highest BCUT2D eigenvalue weighted by atomic mass is 32.1. The van der Waals surface area contributed by atoms with Gasteiger partial charge in [0.25, 0.3) is 0 Å². The first-order valence-electron chi connectivity index (χ1n) is 4.51. The summed E-state index contributed by atoms with van der Waals surface area (Å²) in [6.45, 7) is 0. The van der Waals surface area contributed by atoms with Gasteiger partial charge in [-0.2, -0.15) is 12.6 Å². The molecule has 0 radical (unpaired) electrons. The molecule has 0 aliphatic rings. The van der Waals surface area contributed by atoms with Gasteiger partial charge in [-0.1, -0.05) is 24.3 Å². The number of thiol groups is 1. The number of pyridine rings is 1. The zero-order chi connectivity index (χ0) is 9.80. The number of nitrogens with zero attached hydrogens (tertiary/aromatic N) is 1. The quantitative estimate of drug-likeness (QED) is 0.736. The smallest absolute Gasteiger partial charge is 0.0346 e. The second-order valence-electron chi connectivity index (χ2n) is 3.07. The highest BCUT2D eigenvalue weighted by Crippen LogP contribution is 2.15. The van der Waals surface area contributed by atoms with Crippen molar-refractivity contribution >= 4 is 29.5 Å². The number of rotatable bonds is 2. The fourth-order valence-corrected chi connectivity index (χ4v) is 1.50. The first-order chi connectivity index (χ1) is 6.90. The van der Waals surface area contributed by atoms with E-state index in [1.165, 1.54) is 16.3 Å². The van der Waals surface area contributed by atoms with Gasteiger partial charge >= 0.3 is 0 Å². The Balaban J connectivity index is 2.46. The molecule has 1 heterocycles. The van der Waals surface area contributed by atoms with E-state index in [4.69, 9.17) is 0 Å². The second-order valence-corrected chi connectivity index (χ2v) is 3.43. The summed E-state index contributed by atoms with van der Waals surface area (Å²) in [6.07, 6.45) is 7.80. The van der Waals surface area contributed by atoms with Crippen LogP contribution in [-0.2, 0) is 0 Å². The minimum atomic E-state index is 0.772. The van der Waals surface area contributed by atoms with Crippen molar-refractivity contribution in [2.45, 2.75) is 0 Å². The summed E-state index contributed by atoms with van der Waals surface area (Å²) >= 11 is 4.13. The SMILES string of the molecule is SCC=Cc1ccc2cnccc2c1. The molecule has 0 unspecified atom stereocenters. The van der Waals surface area contributed by atoms with Crippen molar-refractivity contribution in [1.82, 2.24) is 4.98 Å². The summed E-state index contributed by atoms with van der Waals surface area (Å²) in [6, 6.07) is 8.34. The van der Waals surface area contributed by atoms with Crippen LogP contribution in [0.1, 0.15) is 5.56 Å². The molecule has 1 nitrogen and oxygen atoms in total. The lowest BCUT2D eigenvalue weighted by molar-refractivity contribution is 1.36. The van der Waals surface area contributed by atoms with Crippen molar-refractivity contribution in [3.63, 3.8) is 0 Å². The van der Waals surface area contributed by atoms with Gasteiger partial charge in [0, 0.05) is 23.5 Å². The standard InChI is InChI=1S/C12H11NS/c14-7-1-2-10-3-4-12-9-13-6-5-11(12)8-10/h1-6,8-9,14H,7H2. The number of hydrogen-bond acceptors (Lipinski definition) is 2. The van der Waals surface area contributed by atoms with Crippen LogP contribution in [0.15, 0.2) is 42.7 Å². The minimum Gasteiger partial charge on any atom is -0.264 e. The first-order valence-corrected chi connectivity index (χ1v) is 5.14. The van der Waals surface area contributed by atoms with E-state index >= 15 is 0 Å². The Kier molecular flexibility index (Phi) is 2.84. The van der Waals surface area contributed by atoms with Crippen LogP contribution >= 0.6 is 12.6 Å². The zero-order valence-corrected chi connectivity index (χ0v) is 8.61. The predicted octanol–water partition coefficient (Wildman–Crippen LogP) is 3.18. The Morgan fingerprint density at radius 1 is 1.21 bits per heavy atom. The molecule has 1 aromatic heterocycles. The maximum Gasteiger partial charge on any atom is 0.0346 e. The largest absolute Gasteiger partial charge is 0.264 e. The van der Waals surface area contributed by atoms with Crippen molar-refractivity contribution in [2.75, 3.05) is 5.75 Å². The van der Waals surface area contributed by atoms with Gasteiger partial charge in [-0.3, -0.25) is 4.98 Å². The average Bonchev–Trinajstić information content (AvgIpc) is 2.26. The Bertz CT molecular complexity index is 463. The highest BCUT2D eigenvalue weighted by molar-refractivity contribution is 7.80. The number of benzene rings is 1. The molecule has 0 amide bonds. The molecule has 0 N–H and O–H groups in total. The summed E-state index contributed by atoms with van der Waals surface area (Å²) in [5.41, 5.74) is 1.21. The molecule has 0 bridgehead atoms. The van der Waals surface area contributed by atoms with E-state index in [1.807, 2.05) is 24.5 Å². The normalized spacial score (nSPS) is 11.2. The van der Waals surface area contributed by atoms with Gasteiger partial charge in [0.2, 0.25) is 0 Å². The highest BCUT2D eigenvalue weighted by Gasteiger charge is 1.92. The maximum absolute atomic E-state index is 4.13. The van der Waals surface area contributed by atoms with Crippen molar-refractivity contribution < 1.29 is 0 Å². The molecular formula is C12H11NS. The average molecular weight is 201 g/mol. The molecule has 70 valence electrons. The molecule has 2 rings (SSSR count). The molecule has 0 fully saturated rings. The number of hydrogen-bond donors (Lipinski definition) is 1. The fraction of sp³-hybridized carbons (Fsp3) is 0.0833. The van der Waals surface area contributed by atoms with Crippen LogP contribution < -0.4 is 0 Å². The molecular weight excluding hydrogens is 190 g/mol. The molecule has 0 aliphatic heterocycles. The lowest BCUT2D eigenvalue weighted by Crippen LogP contribution is -1.77. The molecule has 0 saturated heterocycles. The van der Waals surface area contributed by atoms with Crippen molar-refractivity contribution in [3.05, 3.63) is 48.3 Å². The van der Waals surface area contributed by atoms with Gasteiger partial charge in [-0.25, -0.2) is 0 Å². The van der Waals surface area contributed by atoms with Gasteiger partial charge in [0.15, 0.2) is 0 Å². The van der Waals surface area contributed by atoms with Gasteiger partial charge < -0.3 is 0 Å². The third-order valence-electron chi connectivity index (χ3n) is 2.08. The lowest BCUT2D eigenvalue weighted by Gasteiger charge is -1.98. The van der Waals surface area contributed by atoms with E-state index in [0.717, 1.165) is 5.75 Å². The predicted molar refractivity (Wildman–Crippen MR) is 64.6 cm³/mol. The first kappa shape index (κ1) is 9.28. The Labute approximate surface area is 88.9 Å². The zero-order valence-electron chi connectivity index (χ0n) is 7.72. The van der Waals surface area contributed by atoms with Crippen LogP contribution in [0.25, 0.3) is 16.8 Å². The van der Waals surface area contributed by atoms with Crippen molar-refractivity contribution in [1.29, 1.82) is 0 Å². The lowest BCUT2D eigenvalue weighted by atomic mass is 10.1. The Hall–Kier alpha value is -1.28. The van der Waals surface area contributed by atoms with E-state index in [1.54, 1.807) is 0 Å².